The Kier molecular flexibility index (Phi) is 4.96. The molecule has 1 aliphatic rings. The highest BCUT2D eigenvalue weighted by molar-refractivity contribution is 7.89. The van der Waals surface area contributed by atoms with Crippen molar-refractivity contribution in [2.75, 3.05) is 38.2 Å². The van der Waals surface area contributed by atoms with E-state index in [0.29, 0.717) is 26.2 Å². The Morgan fingerprint density at radius 1 is 1.16 bits per heavy atom. The van der Waals surface area contributed by atoms with E-state index in [4.69, 9.17) is 4.74 Å². The second-order valence-corrected chi connectivity index (χ2v) is 7.61. The van der Waals surface area contributed by atoms with Crippen LogP contribution in [0, 0.1) is 5.95 Å². The lowest BCUT2D eigenvalue weighted by molar-refractivity contribution is 0.379. The Balaban J connectivity index is 1.71. The first kappa shape index (κ1) is 17.7. The monoisotopic (exact) mass is 368 g/mol. The van der Waals surface area contributed by atoms with E-state index in [1.165, 1.54) is 4.31 Å². The summed E-state index contributed by atoms with van der Waals surface area (Å²) in [5.41, 5.74) is 1.00. The van der Waals surface area contributed by atoms with E-state index in [1.807, 2.05) is 24.3 Å². The minimum atomic E-state index is -3.87. The molecule has 0 N–H and O–H groups in total. The van der Waals surface area contributed by atoms with E-state index in [0.717, 1.165) is 22.3 Å². The van der Waals surface area contributed by atoms with Crippen LogP contribution in [0.5, 0.6) is 5.75 Å². The van der Waals surface area contributed by atoms with Crippen LogP contribution in [0.3, 0.4) is 0 Å². The van der Waals surface area contributed by atoms with Gasteiger partial charge in [-0.05, 0) is 31.2 Å². The fraction of sp³-hybridized carbons (Fsp3) is 0.438. The molecule has 0 unspecified atom stereocenters. The fourth-order valence-corrected chi connectivity index (χ4v) is 4.29. The van der Waals surface area contributed by atoms with Crippen molar-refractivity contribution < 1.29 is 17.5 Å². The van der Waals surface area contributed by atoms with Gasteiger partial charge in [0.2, 0.25) is 16.0 Å². The molecule has 1 aromatic heterocycles. The molecule has 1 saturated heterocycles. The standard InChI is InChI=1S/C16H21FN4O3S/c1-3-21-16(17)15(12-18-21)25(22,23)20-10-8-19(9-11-20)13-4-6-14(24-2)7-5-13/h4-7,12H,3,8-11H2,1-2H3. The zero-order valence-electron chi connectivity index (χ0n) is 14.2. The van der Waals surface area contributed by atoms with E-state index in [2.05, 4.69) is 10.00 Å². The van der Waals surface area contributed by atoms with Crippen LogP contribution in [0.1, 0.15) is 6.92 Å². The summed E-state index contributed by atoms with van der Waals surface area (Å²) in [5.74, 6) is -0.0338. The topological polar surface area (TPSA) is 67.7 Å². The maximum atomic E-state index is 14.2. The number of aromatic nitrogens is 2. The van der Waals surface area contributed by atoms with Crippen LogP contribution in [0.25, 0.3) is 0 Å². The maximum absolute atomic E-state index is 14.2. The highest BCUT2D eigenvalue weighted by Gasteiger charge is 2.32. The fourth-order valence-electron chi connectivity index (χ4n) is 2.87. The van der Waals surface area contributed by atoms with Crippen molar-refractivity contribution in [2.45, 2.75) is 18.4 Å². The van der Waals surface area contributed by atoms with Gasteiger partial charge < -0.3 is 9.64 Å². The molecule has 1 aliphatic heterocycles. The van der Waals surface area contributed by atoms with Crippen LogP contribution in [-0.4, -0.2) is 55.8 Å². The van der Waals surface area contributed by atoms with E-state index in [9.17, 15) is 12.8 Å². The molecule has 25 heavy (non-hydrogen) atoms. The number of halogens is 1. The molecule has 1 aromatic carbocycles. The number of sulfonamides is 1. The molecule has 2 aromatic rings. The number of methoxy groups -OCH3 is 1. The number of ether oxygens (including phenoxy) is 1. The van der Waals surface area contributed by atoms with Crippen LogP contribution in [-0.2, 0) is 16.6 Å². The molecule has 1 fully saturated rings. The average molecular weight is 368 g/mol. The van der Waals surface area contributed by atoms with Gasteiger partial charge in [0.05, 0.1) is 13.3 Å². The molecule has 3 rings (SSSR count). The second-order valence-electron chi connectivity index (χ2n) is 5.70. The van der Waals surface area contributed by atoms with Crippen LogP contribution >= 0.6 is 0 Å². The highest BCUT2D eigenvalue weighted by atomic mass is 32.2. The summed E-state index contributed by atoms with van der Waals surface area (Å²) in [6.45, 7) is 3.66. The highest BCUT2D eigenvalue weighted by Crippen LogP contribution is 2.24. The van der Waals surface area contributed by atoms with Crippen molar-refractivity contribution in [3.8, 4) is 5.75 Å². The van der Waals surface area contributed by atoms with E-state index >= 15 is 0 Å². The van der Waals surface area contributed by atoms with E-state index in [1.54, 1.807) is 14.0 Å². The van der Waals surface area contributed by atoms with Crippen LogP contribution in [0.2, 0.25) is 0 Å². The molecule has 136 valence electrons. The minimum absolute atomic E-state index is 0.284. The van der Waals surface area contributed by atoms with Crippen molar-refractivity contribution in [1.82, 2.24) is 14.1 Å². The number of benzene rings is 1. The van der Waals surface area contributed by atoms with Gasteiger partial charge in [-0.25, -0.2) is 13.1 Å². The molecule has 0 aliphatic carbocycles. The van der Waals surface area contributed by atoms with Gasteiger partial charge in [0.25, 0.3) is 0 Å². The quantitative estimate of drug-likeness (QED) is 0.801. The third-order valence-corrected chi connectivity index (χ3v) is 6.21. The summed E-state index contributed by atoms with van der Waals surface area (Å²) >= 11 is 0. The Bertz CT molecular complexity index is 828. The number of anilines is 1. The van der Waals surface area contributed by atoms with Crippen molar-refractivity contribution in [3.05, 3.63) is 36.4 Å². The van der Waals surface area contributed by atoms with Gasteiger partial charge in [-0.1, -0.05) is 0 Å². The summed E-state index contributed by atoms with van der Waals surface area (Å²) in [5, 5.41) is 3.79. The average Bonchev–Trinajstić information content (AvgIpc) is 3.03. The summed E-state index contributed by atoms with van der Waals surface area (Å²) in [6.07, 6.45) is 1.09. The SMILES string of the molecule is CCn1ncc(S(=O)(=O)N2CCN(c3ccc(OC)cc3)CC2)c1F. The third kappa shape index (κ3) is 3.34. The largest absolute Gasteiger partial charge is 0.497 e. The van der Waals surface area contributed by atoms with Gasteiger partial charge in [0, 0.05) is 38.4 Å². The van der Waals surface area contributed by atoms with Crippen molar-refractivity contribution >= 4 is 15.7 Å². The summed E-state index contributed by atoms with van der Waals surface area (Å²) in [4.78, 5) is 1.74. The number of hydrogen-bond donors (Lipinski definition) is 0. The molecule has 7 nitrogen and oxygen atoms in total. The molecule has 0 radical (unpaired) electrons. The predicted octanol–water partition coefficient (Wildman–Crippen LogP) is 1.56. The van der Waals surface area contributed by atoms with Crippen LogP contribution in [0.4, 0.5) is 10.1 Å². The number of rotatable bonds is 5. The first-order valence-electron chi connectivity index (χ1n) is 8.08. The Hall–Kier alpha value is -2.13. The van der Waals surface area contributed by atoms with Gasteiger partial charge in [0.1, 0.15) is 5.75 Å². The predicted molar refractivity (Wildman–Crippen MR) is 91.8 cm³/mol. The molecule has 0 amide bonds. The first-order chi connectivity index (χ1) is 12.0. The second kappa shape index (κ2) is 7.01. The Morgan fingerprint density at radius 3 is 2.32 bits per heavy atom. The van der Waals surface area contributed by atoms with E-state index in [-0.39, 0.29) is 11.4 Å². The summed E-state index contributed by atoms with van der Waals surface area (Å²) in [6, 6.07) is 7.61. The van der Waals surface area contributed by atoms with Gasteiger partial charge in [-0.15, -0.1) is 0 Å². The van der Waals surface area contributed by atoms with Crippen LogP contribution in [0.15, 0.2) is 35.4 Å². The third-order valence-electron chi connectivity index (χ3n) is 4.34. The Labute approximate surface area is 146 Å². The summed E-state index contributed by atoms with van der Waals surface area (Å²) in [7, 11) is -2.26. The van der Waals surface area contributed by atoms with Crippen molar-refractivity contribution in [3.63, 3.8) is 0 Å². The molecular weight excluding hydrogens is 347 g/mol. The number of aryl methyl sites for hydroxylation is 1. The van der Waals surface area contributed by atoms with Crippen LogP contribution < -0.4 is 9.64 Å². The zero-order valence-corrected chi connectivity index (χ0v) is 15.0. The lowest BCUT2D eigenvalue weighted by Gasteiger charge is -2.35. The van der Waals surface area contributed by atoms with Gasteiger partial charge in [0.15, 0.2) is 4.90 Å². The Morgan fingerprint density at radius 2 is 1.80 bits per heavy atom. The number of piperazine rings is 1. The van der Waals surface area contributed by atoms with Crippen molar-refractivity contribution in [1.29, 1.82) is 0 Å². The summed E-state index contributed by atoms with van der Waals surface area (Å²) < 4.78 is 47.0. The van der Waals surface area contributed by atoms with Crippen molar-refractivity contribution in [2.24, 2.45) is 0 Å². The molecular formula is C16H21FN4O3S. The number of nitrogens with zero attached hydrogens (tertiary/aromatic N) is 4. The molecule has 0 saturated carbocycles. The molecule has 9 heteroatoms. The first-order valence-corrected chi connectivity index (χ1v) is 9.52. The molecule has 2 heterocycles. The molecule has 0 atom stereocenters. The number of hydrogen-bond acceptors (Lipinski definition) is 5. The minimum Gasteiger partial charge on any atom is -0.497 e. The van der Waals surface area contributed by atoms with Gasteiger partial charge >= 0.3 is 0 Å². The normalized spacial score (nSPS) is 16.2. The maximum Gasteiger partial charge on any atom is 0.249 e. The van der Waals surface area contributed by atoms with Gasteiger partial charge in [-0.3, -0.25) is 0 Å². The zero-order chi connectivity index (χ0) is 18.0. The smallest absolute Gasteiger partial charge is 0.249 e. The molecule has 0 bridgehead atoms. The lowest BCUT2D eigenvalue weighted by atomic mass is 10.2. The molecule has 0 spiro atoms. The lowest BCUT2D eigenvalue weighted by Crippen LogP contribution is -2.48. The van der Waals surface area contributed by atoms with E-state index < -0.39 is 16.0 Å². The van der Waals surface area contributed by atoms with Gasteiger partial charge in [-0.2, -0.15) is 13.8 Å².